The molecule has 4 rings (SSSR count). The quantitative estimate of drug-likeness (QED) is 0.161. The molecule has 11 nitrogen and oxygen atoms in total. The molecule has 3 heterocycles. The number of halogens is 2. The third-order valence-electron chi connectivity index (χ3n) is 5.90. The highest BCUT2D eigenvalue weighted by Gasteiger charge is 2.32. The zero-order valence-corrected chi connectivity index (χ0v) is 23.0. The molecule has 0 radical (unpaired) electrons. The van der Waals surface area contributed by atoms with Gasteiger partial charge in [-0.05, 0) is 47.1 Å². The molecule has 0 saturated heterocycles. The van der Waals surface area contributed by atoms with Crippen LogP contribution < -0.4 is 10.9 Å². The molecule has 200 valence electrons. The number of imidazole rings is 1. The van der Waals surface area contributed by atoms with Crippen molar-refractivity contribution in [2.75, 3.05) is 19.1 Å². The van der Waals surface area contributed by atoms with Gasteiger partial charge in [-0.1, -0.05) is 43.9 Å². The molecule has 1 aliphatic rings. The number of hydrogen-bond donors (Lipinski definition) is 2. The van der Waals surface area contributed by atoms with Crippen molar-refractivity contribution < 1.29 is 26.5 Å². The van der Waals surface area contributed by atoms with Crippen LogP contribution in [0.15, 0.2) is 36.3 Å². The van der Waals surface area contributed by atoms with Crippen LogP contribution in [-0.4, -0.2) is 41.3 Å². The van der Waals surface area contributed by atoms with Gasteiger partial charge in [-0.2, -0.15) is 22.8 Å². The molecule has 0 bridgehead atoms. The van der Waals surface area contributed by atoms with Crippen molar-refractivity contribution in [3.8, 4) is 0 Å². The molecule has 0 saturated carbocycles. The number of allylic oxidation sites excluding steroid dienone is 1. The molecular formula is C23H28FIN6O5S. The Balaban J connectivity index is 1.54. The second kappa shape index (κ2) is 12.3. The molecule has 0 amide bonds. The van der Waals surface area contributed by atoms with Crippen molar-refractivity contribution >= 4 is 49.9 Å². The molecule has 0 fully saturated rings. The summed E-state index contributed by atoms with van der Waals surface area (Å²) in [6.45, 7) is 0.718. The van der Waals surface area contributed by atoms with Crippen molar-refractivity contribution in [1.29, 1.82) is 0 Å². The van der Waals surface area contributed by atoms with Crippen LogP contribution in [0, 0.1) is 9.65 Å². The average Bonchev–Trinajstić information content (AvgIpc) is 3.48. The van der Waals surface area contributed by atoms with Crippen molar-refractivity contribution in [2.24, 2.45) is 5.14 Å². The zero-order chi connectivity index (χ0) is 26.4. The van der Waals surface area contributed by atoms with Crippen LogP contribution in [0.25, 0.3) is 11.2 Å². The van der Waals surface area contributed by atoms with E-state index in [9.17, 15) is 12.8 Å². The van der Waals surface area contributed by atoms with Crippen molar-refractivity contribution in [2.45, 2.75) is 51.0 Å². The van der Waals surface area contributed by atoms with Gasteiger partial charge in [0.1, 0.15) is 23.8 Å². The lowest BCUT2D eigenvalue weighted by atomic mass is 9.96. The number of aromatic nitrogens is 4. The number of benzene rings is 1. The first-order chi connectivity index (χ1) is 17.7. The number of anilines is 1. The topological polar surface area (TPSA) is 157 Å². The Hall–Kier alpha value is -2.56. The van der Waals surface area contributed by atoms with Crippen LogP contribution in [0.3, 0.4) is 0 Å². The smallest absolute Gasteiger partial charge is 0.333 e. The standard InChI is InChI=1S/C23H28FIN6O5S/c24-23-29-20(26)19-22(30-23)31(11-7-3-1-2-4-8-12-36-37(27,32)33)21(28-19)18(17-13-34-14-35-17)15-9-5-6-10-16(15)25/h5-6,9-10,13,18H,1-4,7-8,11-12,14H2,(H2,26,29,30)(H2,27,32,33). The summed E-state index contributed by atoms with van der Waals surface area (Å²) < 4.78 is 54.4. The molecule has 0 aliphatic carbocycles. The number of hydrogen-bond acceptors (Lipinski definition) is 9. The molecule has 1 aromatic carbocycles. The monoisotopic (exact) mass is 646 g/mol. The lowest BCUT2D eigenvalue weighted by Gasteiger charge is -2.20. The fourth-order valence-corrected chi connectivity index (χ4v) is 5.29. The minimum atomic E-state index is -3.89. The Labute approximate surface area is 227 Å². The van der Waals surface area contributed by atoms with Gasteiger partial charge in [0, 0.05) is 10.1 Å². The summed E-state index contributed by atoms with van der Waals surface area (Å²) >= 11 is 2.27. The Morgan fingerprint density at radius 2 is 1.84 bits per heavy atom. The molecular weight excluding hydrogens is 618 g/mol. The zero-order valence-electron chi connectivity index (χ0n) is 20.0. The summed E-state index contributed by atoms with van der Waals surface area (Å²) in [5.41, 5.74) is 7.66. The number of unbranched alkanes of at least 4 members (excludes halogenated alkanes) is 5. The SMILES string of the molecule is Nc1nc(F)nc2c1nc(C(C1=COCO1)c1ccccc1I)n2CCCCCCCCOS(N)(=O)=O. The second-order valence-electron chi connectivity index (χ2n) is 8.51. The fraction of sp³-hybridized carbons (Fsp3) is 0.435. The normalized spacial score (nSPS) is 14.4. The van der Waals surface area contributed by atoms with Gasteiger partial charge in [0.2, 0.25) is 6.79 Å². The molecule has 1 atom stereocenters. The van der Waals surface area contributed by atoms with Crippen LogP contribution in [0.5, 0.6) is 0 Å². The van der Waals surface area contributed by atoms with Gasteiger partial charge in [0.05, 0.1) is 6.61 Å². The highest BCUT2D eigenvalue weighted by Crippen LogP contribution is 2.38. The first kappa shape index (κ1) is 27.5. The maximum absolute atomic E-state index is 14.2. The Morgan fingerprint density at radius 1 is 1.11 bits per heavy atom. The molecule has 0 spiro atoms. The number of nitrogens with two attached hydrogens (primary N) is 2. The van der Waals surface area contributed by atoms with Crippen molar-refractivity contribution in [1.82, 2.24) is 19.5 Å². The molecule has 1 aliphatic heterocycles. The van der Waals surface area contributed by atoms with Gasteiger partial charge in [-0.3, -0.25) is 4.18 Å². The van der Waals surface area contributed by atoms with Gasteiger partial charge in [-0.25, -0.2) is 10.1 Å². The Kier molecular flexibility index (Phi) is 9.15. The van der Waals surface area contributed by atoms with Crippen LogP contribution in [-0.2, 0) is 30.5 Å². The molecule has 2 aromatic heterocycles. The van der Waals surface area contributed by atoms with Gasteiger partial charge >= 0.3 is 16.4 Å². The summed E-state index contributed by atoms with van der Waals surface area (Å²) in [5.74, 6) is 0.770. The molecule has 37 heavy (non-hydrogen) atoms. The molecule has 4 N–H and O–H groups in total. The van der Waals surface area contributed by atoms with E-state index in [1.54, 1.807) is 6.26 Å². The maximum atomic E-state index is 14.2. The minimum absolute atomic E-state index is 0.0247. The predicted molar refractivity (Wildman–Crippen MR) is 143 cm³/mol. The lowest BCUT2D eigenvalue weighted by Crippen LogP contribution is -2.16. The van der Waals surface area contributed by atoms with Crippen molar-refractivity contribution in [3.63, 3.8) is 0 Å². The highest BCUT2D eigenvalue weighted by atomic mass is 127. The highest BCUT2D eigenvalue weighted by molar-refractivity contribution is 14.1. The number of nitrogens with zero attached hydrogens (tertiary/aromatic N) is 4. The fourth-order valence-electron chi connectivity index (χ4n) is 4.24. The number of aryl methyl sites for hydroxylation is 1. The van der Waals surface area contributed by atoms with E-state index in [2.05, 4.69) is 36.7 Å². The van der Waals surface area contributed by atoms with E-state index in [0.29, 0.717) is 35.7 Å². The van der Waals surface area contributed by atoms with E-state index < -0.39 is 22.3 Å². The van der Waals surface area contributed by atoms with Crippen molar-refractivity contribution in [3.05, 3.63) is 57.3 Å². The predicted octanol–water partition coefficient (Wildman–Crippen LogP) is 3.69. The van der Waals surface area contributed by atoms with Gasteiger partial charge in [0.15, 0.2) is 17.0 Å². The second-order valence-corrected chi connectivity index (χ2v) is 10.9. The number of ether oxygens (including phenoxy) is 2. The minimum Gasteiger partial charge on any atom is -0.462 e. The van der Waals surface area contributed by atoms with Gasteiger partial charge in [0.25, 0.3) is 0 Å². The Bertz CT molecular complexity index is 1380. The van der Waals surface area contributed by atoms with Crippen LogP contribution in [0.1, 0.15) is 55.8 Å². The van der Waals surface area contributed by atoms with E-state index in [0.717, 1.165) is 41.2 Å². The van der Waals surface area contributed by atoms with E-state index in [-0.39, 0.29) is 19.2 Å². The maximum Gasteiger partial charge on any atom is 0.333 e. The summed E-state index contributed by atoms with van der Waals surface area (Å²) in [5, 5.41) is 4.82. The molecule has 14 heteroatoms. The summed E-state index contributed by atoms with van der Waals surface area (Å²) in [4.78, 5) is 12.5. The van der Waals surface area contributed by atoms with E-state index in [1.807, 2.05) is 28.8 Å². The van der Waals surface area contributed by atoms with Gasteiger partial charge < -0.3 is 19.8 Å². The van der Waals surface area contributed by atoms with Crippen LogP contribution in [0.2, 0.25) is 0 Å². The first-order valence-corrected chi connectivity index (χ1v) is 14.3. The van der Waals surface area contributed by atoms with Crippen LogP contribution >= 0.6 is 22.6 Å². The Morgan fingerprint density at radius 3 is 2.54 bits per heavy atom. The lowest BCUT2D eigenvalue weighted by molar-refractivity contribution is 0.0764. The van der Waals surface area contributed by atoms with E-state index >= 15 is 0 Å². The summed E-state index contributed by atoms with van der Waals surface area (Å²) in [6, 6.07) is 7.88. The third kappa shape index (κ3) is 7.06. The number of rotatable bonds is 13. The molecule has 1 unspecified atom stereocenters. The molecule has 3 aromatic rings. The number of fused-ring (bicyclic) bond motifs is 1. The number of nitrogen functional groups attached to an aromatic ring is 1. The average molecular weight is 646 g/mol. The van der Waals surface area contributed by atoms with E-state index in [1.165, 1.54) is 0 Å². The van der Waals surface area contributed by atoms with Crippen LogP contribution in [0.4, 0.5) is 10.2 Å². The third-order valence-corrected chi connectivity index (χ3v) is 7.38. The van der Waals surface area contributed by atoms with Gasteiger partial charge in [-0.15, -0.1) is 0 Å². The first-order valence-electron chi connectivity index (χ1n) is 11.8. The van der Waals surface area contributed by atoms with E-state index in [4.69, 9.17) is 25.3 Å². The summed E-state index contributed by atoms with van der Waals surface area (Å²) in [6.07, 6.45) is 5.63. The summed E-state index contributed by atoms with van der Waals surface area (Å²) in [7, 11) is -3.89. The largest absolute Gasteiger partial charge is 0.462 e.